The van der Waals surface area contributed by atoms with Crippen molar-refractivity contribution in [3.8, 4) is 5.75 Å². The molecule has 0 saturated heterocycles. The second kappa shape index (κ2) is 16.5. The summed E-state index contributed by atoms with van der Waals surface area (Å²) in [6, 6.07) is 10.6. The second-order valence-electron chi connectivity index (χ2n) is 12.6. The summed E-state index contributed by atoms with van der Waals surface area (Å²) in [7, 11) is 1.50. The van der Waals surface area contributed by atoms with E-state index in [0.29, 0.717) is 64.4 Å². The van der Waals surface area contributed by atoms with E-state index in [1.807, 2.05) is 12.1 Å². The normalized spacial score (nSPS) is 20.6. The first kappa shape index (κ1) is 35.8. The number of anilines is 1. The summed E-state index contributed by atoms with van der Waals surface area (Å²) in [5, 5.41) is 7.46. The lowest BCUT2D eigenvalue weighted by Crippen LogP contribution is -2.50. The Hall–Kier alpha value is -3.35. The summed E-state index contributed by atoms with van der Waals surface area (Å²) >= 11 is 0. The number of methoxy groups -OCH3 is 1. The summed E-state index contributed by atoms with van der Waals surface area (Å²) in [6.07, 6.45) is 5.50. The molecule has 1 heterocycles. The predicted octanol–water partition coefficient (Wildman–Crippen LogP) is 8.80. The Kier molecular flexibility index (Phi) is 13.7. The Morgan fingerprint density at radius 1 is 1.09 bits per heavy atom. The van der Waals surface area contributed by atoms with Gasteiger partial charge >= 0.3 is 0 Å². The number of fused-ring (bicyclic) bond motifs is 1. The molecule has 1 unspecified atom stereocenters. The zero-order valence-corrected chi connectivity index (χ0v) is 28.2. The lowest BCUT2D eigenvalue weighted by atomic mass is 9.58. The van der Waals surface area contributed by atoms with Gasteiger partial charge in [0.1, 0.15) is 11.6 Å². The number of aryl methyl sites for hydroxylation is 2. The van der Waals surface area contributed by atoms with Crippen LogP contribution in [0.3, 0.4) is 0 Å². The number of benzene rings is 2. The lowest BCUT2D eigenvalue weighted by Gasteiger charge is -2.50. The summed E-state index contributed by atoms with van der Waals surface area (Å²) in [5.74, 6) is 2.58. The standard InChI is InChI=1S/C30H39FN4O2.2C3H8/c1-18-14-27(19(2)20(3)30(18,5)6)34-21(4)33-23-9-11-25-28(15-23)32-17-35(29(25)36)13-12-22-8-10-24(37-7)16-26(22)31;2*1-3-2/h8-11,15-20,27,33-34H,4,12-14H2,1-3,5-7H3;2*3H2,1-2H3/t18-,19?,20+,27+;;/m1../s1. The van der Waals surface area contributed by atoms with E-state index < -0.39 is 0 Å². The molecule has 4 atom stereocenters. The van der Waals surface area contributed by atoms with Gasteiger partial charge in [-0.05, 0) is 65.8 Å². The van der Waals surface area contributed by atoms with Crippen LogP contribution in [0.2, 0.25) is 0 Å². The predicted molar refractivity (Wildman–Crippen MR) is 180 cm³/mol. The molecule has 1 aliphatic carbocycles. The maximum absolute atomic E-state index is 14.3. The van der Waals surface area contributed by atoms with Crippen LogP contribution in [0.15, 0.2) is 59.9 Å². The fourth-order valence-corrected chi connectivity index (χ4v) is 5.49. The minimum absolute atomic E-state index is 0.149. The van der Waals surface area contributed by atoms with E-state index >= 15 is 0 Å². The highest BCUT2D eigenvalue weighted by Gasteiger charge is 2.43. The largest absolute Gasteiger partial charge is 0.497 e. The van der Waals surface area contributed by atoms with E-state index in [2.05, 4.69) is 84.5 Å². The third kappa shape index (κ3) is 9.32. The molecule has 2 aromatic carbocycles. The van der Waals surface area contributed by atoms with Gasteiger partial charge in [0, 0.05) is 24.3 Å². The van der Waals surface area contributed by atoms with Gasteiger partial charge in [-0.1, -0.05) is 87.8 Å². The first-order valence-corrected chi connectivity index (χ1v) is 15.9. The molecule has 238 valence electrons. The molecule has 7 heteroatoms. The molecule has 1 saturated carbocycles. The van der Waals surface area contributed by atoms with E-state index in [4.69, 9.17) is 4.74 Å². The Morgan fingerprint density at radius 2 is 1.74 bits per heavy atom. The zero-order valence-electron chi connectivity index (χ0n) is 28.2. The summed E-state index contributed by atoms with van der Waals surface area (Å²) in [6.45, 7) is 24.8. The average Bonchev–Trinajstić information content (AvgIpc) is 2.96. The van der Waals surface area contributed by atoms with E-state index in [1.54, 1.807) is 18.2 Å². The van der Waals surface area contributed by atoms with E-state index in [-0.39, 0.29) is 11.4 Å². The highest BCUT2D eigenvalue weighted by atomic mass is 19.1. The minimum atomic E-state index is -0.346. The molecule has 0 amide bonds. The molecule has 2 N–H and O–H groups in total. The molecular formula is C36H55FN4O2. The molecule has 3 aromatic rings. The average molecular weight is 595 g/mol. The molecule has 1 aromatic heterocycles. The van der Waals surface area contributed by atoms with Crippen molar-refractivity contribution in [3.05, 3.63) is 76.9 Å². The van der Waals surface area contributed by atoms with Crippen LogP contribution in [-0.4, -0.2) is 22.7 Å². The maximum Gasteiger partial charge on any atom is 0.261 e. The van der Waals surface area contributed by atoms with Gasteiger partial charge in [-0.2, -0.15) is 0 Å². The van der Waals surface area contributed by atoms with Crippen molar-refractivity contribution in [1.29, 1.82) is 0 Å². The van der Waals surface area contributed by atoms with E-state index in [0.717, 1.165) is 17.9 Å². The van der Waals surface area contributed by atoms with Crippen molar-refractivity contribution in [2.45, 2.75) is 101 Å². The Bertz CT molecular complexity index is 1380. The first-order chi connectivity index (χ1) is 20.3. The topological polar surface area (TPSA) is 68.2 Å². The number of aromatic nitrogens is 2. The van der Waals surface area contributed by atoms with Crippen molar-refractivity contribution in [1.82, 2.24) is 14.9 Å². The maximum atomic E-state index is 14.3. The van der Waals surface area contributed by atoms with Crippen molar-refractivity contribution in [2.75, 3.05) is 12.4 Å². The first-order valence-electron chi connectivity index (χ1n) is 15.9. The minimum Gasteiger partial charge on any atom is -0.497 e. The van der Waals surface area contributed by atoms with Gasteiger partial charge in [-0.3, -0.25) is 9.36 Å². The van der Waals surface area contributed by atoms with Crippen molar-refractivity contribution >= 4 is 16.6 Å². The van der Waals surface area contributed by atoms with Gasteiger partial charge in [-0.15, -0.1) is 0 Å². The van der Waals surface area contributed by atoms with Crippen molar-refractivity contribution in [3.63, 3.8) is 0 Å². The third-order valence-corrected chi connectivity index (χ3v) is 8.84. The van der Waals surface area contributed by atoms with Gasteiger partial charge in [0.25, 0.3) is 5.56 Å². The quantitative estimate of drug-likeness (QED) is 0.273. The Labute approximate surface area is 259 Å². The van der Waals surface area contributed by atoms with Crippen molar-refractivity contribution in [2.24, 2.45) is 23.2 Å². The van der Waals surface area contributed by atoms with E-state index in [1.165, 1.54) is 36.9 Å². The summed E-state index contributed by atoms with van der Waals surface area (Å²) in [5.41, 5.74) is 2.11. The smallest absolute Gasteiger partial charge is 0.261 e. The molecule has 0 spiro atoms. The van der Waals surface area contributed by atoms with Crippen LogP contribution in [0, 0.1) is 29.0 Å². The van der Waals surface area contributed by atoms with Gasteiger partial charge in [0.05, 0.1) is 30.2 Å². The Balaban J connectivity index is 0.000000992. The Morgan fingerprint density at radius 3 is 2.35 bits per heavy atom. The van der Waals surface area contributed by atoms with Gasteiger partial charge in [-0.25, -0.2) is 9.37 Å². The fourth-order valence-electron chi connectivity index (χ4n) is 5.49. The molecule has 1 aliphatic rings. The molecular weight excluding hydrogens is 539 g/mol. The molecule has 43 heavy (non-hydrogen) atoms. The van der Waals surface area contributed by atoms with Gasteiger partial charge < -0.3 is 15.4 Å². The highest BCUT2D eigenvalue weighted by molar-refractivity contribution is 5.81. The summed E-state index contributed by atoms with van der Waals surface area (Å²) < 4.78 is 20.9. The van der Waals surface area contributed by atoms with E-state index in [9.17, 15) is 9.18 Å². The molecule has 4 rings (SSSR count). The number of hydrogen-bond acceptors (Lipinski definition) is 5. The fraction of sp³-hybridized carbons (Fsp3) is 0.556. The van der Waals surface area contributed by atoms with Crippen LogP contribution in [0.25, 0.3) is 10.9 Å². The second-order valence-corrected chi connectivity index (χ2v) is 12.6. The lowest BCUT2D eigenvalue weighted by molar-refractivity contribution is 0.0185. The van der Waals surface area contributed by atoms with Crippen LogP contribution in [0.5, 0.6) is 5.75 Å². The van der Waals surface area contributed by atoms with Crippen LogP contribution >= 0.6 is 0 Å². The number of halogens is 1. The van der Waals surface area contributed by atoms with Gasteiger partial charge in [0.2, 0.25) is 0 Å². The molecule has 0 bridgehead atoms. The van der Waals surface area contributed by atoms with Crippen LogP contribution in [-0.2, 0) is 13.0 Å². The SMILES string of the molecule is C=C(Nc1ccc2c(=O)n(CCc3ccc(OC)cc3F)cnc2c1)N[C@H]1C[C@@H](C)C(C)(C)[C@@H](C)C1C.CCC.CCC. The van der Waals surface area contributed by atoms with Crippen LogP contribution in [0.4, 0.5) is 10.1 Å². The number of hydrogen-bond donors (Lipinski definition) is 2. The number of rotatable bonds is 8. The molecule has 6 nitrogen and oxygen atoms in total. The third-order valence-electron chi connectivity index (χ3n) is 8.84. The van der Waals surface area contributed by atoms with Crippen LogP contribution in [0.1, 0.15) is 87.1 Å². The number of nitrogens with one attached hydrogen (secondary N) is 2. The van der Waals surface area contributed by atoms with Crippen LogP contribution < -0.4 is 20.9 Å². The molecule has 0 radical (unpaired) electrons. The summed E-state index contributed by atoms with van der Waals surface area (Å²) in [4.78, 5) is 17.5. The highest BCUT2D eigenvalue weighted by Crippen LogP contribution is 2.47. The zero-order chi connectivity index (χ0) is 32.3. The monoisotopic (exact) mass is 594 g/mol. The number of ether oxygens (including phenoxy) is 1. The molecule has 1 fully saturated rings. The number of nitrogens with zero attached hydrogens (tertiary/aromatic N) is 2. The van der Waals surface area contributed by atoms with Crippen molar-refractivity contribution < 1.29 is 9.13 Å². The van der Waals surface area contributed by atoms with Gasteiger partial charge in [0.15, 0.2) is 0 Å². The molecule has 0 aliphatic heterocycles.